The molecule has 0 aromatic carbocycles. The van der Waals surface area contributed by atoms with Crippen LogP contribution in [0.4, 0.5) is 0 Å². The van der Waals surface area contributed by atoms with Gasteiger partial charge in [0.15, 0.2) is 9.84 Å². The van der Waals surface area contributed by atoms with Crippen LogP contribution in [0.1, 0.15) is 49.2 Å². The van der Waals surface area contributed by atoms with E-state index in [1.165, 1.54) is 11.3 Å². The molecular formula is C14H22N2O2S. The van der Waals surface area contributed by atoms with Gasteiger partial charge in [-0.15, -0.1) is 0 Å². The highest BCUT2D eigenvalue weighted by Gasteiger charge is 2.42. The Labute approximate surface area is 114 Å². The van der Waals surface area contributed by atoms with Crippen molar-refractivity contribution in [2.45, 2.75) is 51.1 Å². The van der Waals surface area contributed by atoms with Gasteiger partial charge in [-0.05, 0) is 51.2 Å². The largest absolute Gasteiger partial charge is 0.342 e. The normalized spacial score (nSPS) is 33.3. The van der Waals surface area contributed by atoms with Crippen LogP contribution >= 0.6 is 0 Å². The SMILES string of the molecule is Cc1cc2c(n1C1(C)CCS(=O)(=O)C1)CCCC2N. The number of nitrogens with zero attached hydrogens (tertiary/aromatic N) is 1. The monoisotopic (exact) mass is 282 g/mol. The molecule has 4 nitrogen and oxygen atoms in total. The van der Waals surface area contributed by atoms with E-state index < -0.39 is 9.84 Å². The van der Waals surface area contributed by atoms with Gasteiger partial charge in [0.2, 0.25) is 0 Å². The number of aryl methyl sites for hydroxylation is 1. The van der Waals surface area contributed by atoms with Crippen molar-refractivity contribution < 1.29 is 8.42 Å². The van der Waals surface area contributed by atoms with Gasteiger partial charge in [-0.25, -0.2) is 8.42 Å². The minimum Gasteiger partial charge on any atom is -0.342 e. The lowest BCUT2D eigenvalue weighted by molar-refractivity contribution is 0.343. The molecule has 19 heavy (non-hydrogen) atoms. The highest BCUT2D eigenvalue weighted by molar-refractivity contribution is 7.91. The summed E-state index contributed by atoms with van der Waals surface area (Å²) in [5.74, 6) is 0.569. The molecule has 1 fully saturated rings. The summed E-state index contributed by atoms with van der Waals surface area (Å²) >= 11 is 0. The van der Waals surface area contributed by atoms with Gasteiger partial charge in [-0.3, -0.25) is 0 Å². The van der Waals surface area contributed by atoms with E-state index in [1.54, 1.807) is 0 Å². The van der Waals surface area contributed by atoms with Crippen molar-refractivity contribution in [3.63, 3.8) is 0 Å². The number of hydrogen-bond acceptors (Lipinski definition) is 3. The number of rotatable bonds is 1. The van der Waals surface area contributed by atoms with E-state index in [0.29, 0.717) is 12.2 Å². The van der Waals surface area contributed by atoms with Crippen LogP contribution in [0.15, 0.2) is 6.07 Å². The molecule has 0 bridgehead atoms. The van der Waals surface area contributed by atoms with Gasteiger partial charge in [0.25, 0.3) is 0 Å². The molecule has 3 rings (SSSR count). The number of nitrogens with two attached hydrogens (primary N) is 1. The number of sulfone groups is 1. The second-order valence-corrected chi connectivity index (χ2v) is 8.54. The standard InChI is InChI=1S/C14H22N2O2S/c1-10-8-11-12(15)4-3-5-13(11)16(10)14(2)6-7-19(17,18)9-14/h8,12H,3-7,9,15H2,1-2H3. The Morgan fingerprint density at radius 1 is 1.47 bits per heavy atom. The molecule has 2 N–H and O–H groups in total. The summed E-state index contributed by atoms with van der Waals surface area (Å²) in [4.78, 5) is 0. The van der Waals surface area contributed by atoms with Crippen molar-refractivity contribution >= 4 is 9.84 Å². The van der Waals surface area contributed by atoms with Crippen LogP contribution in [0.5, 0.6) is 0 Å². The fourth-order valence-electron chi connectivity index (χ4n) is 3.86. The lowest BCUT2D eigenvalue weighted by Crippen LogP contribution is -2.34. The molecule has 0 spiro atoms. The molecule has 0 radical (unpaired) electrons. The summed E-state index contributed by atoms with van der Waals surface area (Å²) in [5.41, 5.74) is 9.57. The van der Waals surface area contributed by atoms with Crippen molar-refractivity contribution in [3.8, 4) is 0 Å². The summed E-state index contributed by atoms with van der Waals surface area (Å²) in [6, 6.07) is 2.28. The molecule has 5 heteroatoms. The third-order valence-electron chi connectivity index (χ3n) is 4.67. The summed E-state index contributed by atoms with van der Waals surface area (Å²) in [6.07, 6.45) is 3.87. The fraction of sp³-hybridized carbons (Fsp3) is 0.714. The molecule has 1 aliphatic heterocycles. The average molecular weight is 282 g/mol. The van der Waals surface area contributed by atoms with Gasteiger partial charge in [-0.2, -0.15) is 0 Å². The molecule has 0 amide bonds. The van der Waals surface area contributed by atoms with Gasteiger partial charge in [-0.1, -0.05) is 0 Å². The van der Waals surface area contributed by atoms with Crippen molar-refractivity contribution in [2.75, 3.05) is 11.5 Å². The smallest absolute Gasteiger partial charge is 0.152 e. The third-order valence-corrected chi connectivity index (χ3v) is 6.56. The van der Waals surface area contributed by atoms with Crippen molar-refractivity contribution in [3.05, 3.63) is 23.0 Å². The van der Waals surface area contributed by atoms with Gasteiger partial charge in [0.05, 0.1) is 17.0 Å². The molecule has 2 heterocycles. The van der Waals surface area contributed by atoms with E-state index in [1.807, 2.05) is 0 Å². The maximum Gasteiger partial charge on any atom is 0.152 e. The maximum atomic E-state index is 11.8. The summed E-state index contributed by atoms with van der Waals surface area (Å²) in [6.45, 7) is 4.15. The first-order chi connectivity index (χ1) is 8.82. The van der Waals surface area contributed by atoms with Crippen LogP contribution in [-0.4, -0.2) is 24.5 Å². The van der Waals surface area contributed by atoms with Crippen LogP contribution in [0, 0.1) is 6.92 Å². The molecule has 2 aliphatic rings. The van der Waals surface area contributed by atoms with E-state index in [-0.39, 0.29) is 17.3 Å². The first-order valence-corrected chi connectivity index (χ1v) is 8.82. The van der Waals surface area contributed by atoms with E-state index in [4.69, 9.17) is 5.73 Å². The second kappa shape index (κ2) is 4.09. The zero-order valence-electron chi connectivity index (χ0n) is 11.6. The summed E-state index contributed by atoms with van der Waals surface area (Å²) in [7, 11) is -2.89. The topological polar surface area (TPSA) is 65.1 Å². The summed E-state index contributed by atoms with van der Waals surface area (Å²) < 4.78 is 26.0. The lowest BCUT2D eigenvalue weighted by atomic mass is 9.92. The van der Waals surface area contributed by atoms with Crippen LogP contribution in [-0.2, 0) is 21.8 Å². The minimum atomic E-state index is -2.89. The molecule has 1 aromatic rings. The zero-order chi connectivity index (χ0) is 13.8. The number of aromatic nitrogens is 1. The van der Waals surface area contributed by atoms with Gasteiger partial charge >= 0.3 is 0 Å². The predicted octanol–water partition coefficient (Wildman–Crippen LogP) is 1.67. The second-order valence-electron chi connectivity index (χ2n) is 6.36. The van der Waals surface area contributed by atoms with Crippen molar-refractivity contribution in [1.82, 2.24) is 4.57 Å². The first-order valence-electron chi connectivity index (χ1n) is 7.00. The van der Waals surface area contributed by atoms with E-state index in [2.05, 4.69) is 24.5 Å². The van der Waals surface area contributed by atoms with Crippen molar-refractivity contribution in [1.29, 1.82) is 0 Å². The first kappa shape index (κ1) is 13.2. The molecule has 2 atom stereocenters. The summed E-state index contributed by atoms with van der Waals surface area (Å²) in [5, 5.41) is 0. The molecule has 1 saturated heterocycles. The van der Waals surface area contributed by atoms with Crippen LogP contribution in [0.3, 0.4) is 0 Å². The predicted molar refractivity (Wildman–Crippen MR) is 76.0 cm³/mol. The third kappa shape index (κ3) is 2.03. The molecule has 0 saturated carbocycles. The minimum absolute atomic E-state index is 0.116. The Morgan fingerprint density at radius 3 is 2.84 bits per heavy atom. The number of fused-ring (bicyclic) bond motifs is 1. The Bertz CT molecular complexity index is 618. The Hall–Kier alpha value is -0.810. The zero-order valence-corrected chi connectivity index (χ0v) is 12.5. The average Bonchev–Trinajstić information content (AvgIpc) is 2.77. The van der Waals surface area contributed by atoms with Gasteiger partial charge < -0.3 is 10.3 Å². The molecule has 1 aliphatic carbocycles. The maximum absolute atomic E-state index is 11.8. The number of hydrogen-bond donors (Lipinski definition) is 1. The molecule has 106 valence electrons. The lowest BCUT2D eigenvalue weighted by Gasteiger charge is -2.31. The van der Waals surface area contributed by atoms with Gasteiger partial charge in [0.1, 0.15) is 0 Å². The molecule has 2 unspecified atom stereocenters. The highest BCUT2D eigenvalue weighted by atomic mass is 32.2. The van der Waals surface area contributed by atoms with E-state index in [9.17, 15) is 8.42 Å². The van der Waals surface area contributed by atoms with E-state index >= 15 is 0 Å². The molecule has 1 aromatic heterocycles. The van der Waals surface area contributed by atoms with Gasteiger partial charge in [0, 0.05) is 17.4 Å². The van der Waals surface area contributed by atoms with Crippen molar-refractivity contribution in [2.24, 2.45) is 5.73 Å². The van der Waals surface area contributed by atoms with Crippen LogP contribution in [0.25, 0.3) is 0 Å². The fourth-order valence-corrected chi connectivity index (χ4v) is 5.97. The highest BCUT2D eigenvalue weighted by Crippen LogP contribution is 2.39. The van der Waals surface area contributed by atoms with E-state index in [0.717, 1.165) is 25.0 Å². The Morgan fingerprint density at radius 2 is 2.21 bits per heavy atom. The van der Waals surface area contributed by atoms with Crippen LogP contribution in [0.2, 0.25) is 0 Å². The Balaban J connectivity index is 2.11. The Kier molecular flexibility index (Phi) is 2.84. The van der Waals surface area contributed by atoms with Crippen LogP contribution < -0.4 is 5.73 Å². The quantitative estimate of drug-likeness (QED) is 0.852. The molecular weight excluding hydrogens is 260 g/mol.